The third kappa shape index (κ3) is 3.65. The molecule has 0 aliphatic rings. The second-order valence-electron chi connectivity index (χ2n) is 4.51. The Balaban J connectivity index is 2.17. The molecule has 0 fully saturated rings. The van der Waals surface area contributed by atoms with Crippen LogP contribution in [-0.2, 0) is 6.54 Å². The number of hydrogen-bond donors (Lipinski definition) is 1. The van der Waals surface area contributed by atoms with Gasteiger partial charge >= 0.3 is 0 Å². The van der Waals surface area contributed by atoms with Gasteiger partial charge in [0.1, 0.15) is 0 Å². The fourth-order valence-electron chi connectivity index (χ4n) is 1.92. The molecule has 0 unspecified atom stereocenters. The summed E-state index contributed by atoms with van der Waals surface area (Å²) < 4.78 is 1.15. The maximum Gasteiger partial charge on any atom is 0.0456 e. The van der Waals surface area contributed by atoms with Gasteiger partial charge in [0.15, 0.2) is 0 Å². The lowest BCUT2D eigenvalue weighted by Crippen LogP contribution is -2.01. The largest absolute Gasteiger partial charge is 0.381 e. The highest BCUT2D eigenvalue weighted by atomic mass is 79.9. The van der Waals surface area contributed by atoms with Crippen molar-refractivity contribution in [1.82, 2.24) is 0 Å². The van der Waals surface area contributed by atoms with E-state index in [0.717, 1.165) is 20.7 Å². The van der Waals surface area contributed by atoms with Gasteiger partial charge in [0.05, 0.1) is 0 Å². The van der Waals surface area contributed by atoms with E-state index < -0.39 is 0 Å². The summed E-state index contributed by atoms with van der Waals surface area (Å²) >= 11 is 15.7. The predicted molar refractivity (Wildman–Crippen MR) is 87.4 cm³/mol. The average molecular weight is 359 g/mol. The molecule has 0 saturated heterocycles. The molecule has 0 aliphatic carbocycles. The first-order valence-corrected chi connectivity index (χ1v) is 7.47. The van der Waals surface area contributed by atoms with Gasteiger partial charge in [0.25, 0.3) is 0 Å². The molecule has 0 spiro atoms. The van der Waals surface area contributed by atoms with E-state index >= 15 is 0 Å². The third-order valence-corrected chi connectivity index (χ3v) is 4.78. The monoisotopic (exact) mass is 357 g/mol. The molecule has 0 atom stereocenters. The summed E-state index contributed by atoms with van der Waals surface area (Å²) in [4.78, 5) is 0. The van der Waals surface area contributed by atoms with E-state index in [-0.39, 0.29) is 0 Å². The number of rotatable bonds is 3. The van der Waals surface area contributed by atoms with E-state index in [4.69, 9.17) is 23.2 Å². The van der Waals surface area contributed by atoms with E-state index in [0.29, 0.717) is 11.6 Å². The molecular formula is C15H14BrCl2N. The Bertz CT molecular complexity index is 588. The molecule has 0 aliphatic heterocycles. The average Bonchev–Trinajstić information content (AvgIpc) is 2.37. The van der Waals surface area contributed by atoms with Crippen LogP contribution >= 0.6 is 39.1 Å². The molecule has 0 bridgehead atoms. The van der Waals surface area contributed by atoms with Crippen LogP contribution in [0.5, 0.6) is 0 Å². The summed E-state index contributed by atoms with van der Waals surface area (Å²) in [7, 11) is 0. The Morgan fingerprint density at radius 2 is 1.68 bits per heavy atom. The van der Waals surface area contributed by atoms with E-state index in [1.807, 2.05) is 12.1 Å². The van der Waals surface area contributed by atoms with Crippen molar-refractivity contribution in [2.45, 2.75) is 20.4 Å². The molecule has 2 aromatic carbocycles. The molecule has 2 aromatic rings. The summed E-state index contributed by atoms with van der Waals surface area (Å²) in [6.07, 6.45) is 0. The van der Waals surface area contributed by atoms with E-state index in [9.17, 15) is 0 Å². The zero-order chi connectivity index (χ0) is 14.0. The van der Waals surface area contributed by atoms with Crippen molar-refractivity contribution in [3.8, 4) is 0 Å². The highest BCUT2D eigenvalue weighted by Crippen LogP contribution is 2.26. The van der Waals surface area contributed by atoms with Crippen molar-refractivity contribution < 1.29 is 0 Å². The summed E-state index contributed by atoms with van der Waals surface area (Å²) in [6, 6.07) is 9.71. The molecule has 100 valence electrons. The topological polar surface area (TPSA) is 12.0 Å². The third-order valence-electron chi connectivity index (χ3n) is 2.93. The van der Waals surface area contributed by atoms with Crippen molar-refractivity contribution in [3.63, 3.8) is 0 Å². The number of nitrogens with one attached hydrogen (secondary N) is 1. The maximum absolute atomic E-state index is 6.14. The van der Waals surface area contributed by atoms with Crippen molar-refractivity contribution in [1.29, 1.82) is 0 Å². The second kappa shape index (κ2) is 6.17. The number of anilines is 1. The molecule has 0 amide bonds. The van der Waals surface area contributed by atoms with Crippen LogP contribution in [-0.4, -0.2) is 0 Å². The molecule has 4 heteroatoms. The Morgan fingerprint density at radius 3 is 2.32 bits per heavy atom. The van der Waals surface area contributed by atoms with Crippen LogP contribution < -0.4 is 5.32 Å². The summed E-state index contributed by atoms with van der Waals surface area (Å²) in [5, 5.41) is 4.80. The fraction of sp³-hybridized carbons (Fsp3) is 0.200. The predicted octanol–water partition coefficient (Wildman–Crippen LogP) is 5.98. The first kappa shape index (κ1) is 14.7. The smallest absolute Gasteiger partial charge is 0.0456 e. The zero-order valence-corrected chi connectivity index (χ0v) is 13.8. The minimum Gasteiger partial charge on any atom is -0.381 e. The molecule has 1 nitrogen and oxygen atoms in total. The van der Waals surface area contributed by atoms with E-state index in [1.165, 1.54) is 11.1 Å². The van der Waals surface area contributed by atoms with Crippen LogP contribution in [0.3, 0.4) is 0 Å². The number of hydrogen-bond acceptors (Lipinski definition) is 1. The molecule has 2 rings (SSSR count). The number of benzene rings is 2. The Labute approximate surface area is 132 Å². The molecule has 0 saturated carbocycles. The number of aryl methyl sites for hydroxylation is 2. The molecule has 0 aromatic heterocycles. The van der Waals surface area contributed by atoms with Gasteiger partial charge in [-0.25, -0.2) is 0 Å². The highest BCUT2D eigenvalue weighted by molar-refractivity contribution is 9.10. The lowest BCUT2D eigenvalue weighted by Gasteiger charge is -2.11. The van der Waals surface area contributed by atoms with E-state index in [1.54, 1.807) is 6.07 Å². The fourth-order valence-corrected chi connectivity index (χ4v) is 2.53. The van der Waals surface area contributed by atoms with Gasteiger partial charge in [-0.1, -0.05) is 39.1 Å². The molecule has 1 N–H and O–H groups in total. The van der Waals surface area contributed by atoms with Gasteiger partial charge in [-0.05, 0) is 60.9 Å². The van der Waals surface area contributed by atoms with Gasteiger partial charge in [-0.15, -0.1) is 0 Å². The lowest BCUT2D eigenvalue weighted by molar-refractivity contribution is 1.14. The lowest BCUT2D eigenvalue weighted by atomic mass is 10.1. The summed E-state index contributed by atoms with van der Waals surface area (Å²) in [5.41, 5.74) is 4.49. The first-order valence-electron chi connectivity index (χ1n) is 5.92. The van der Waals surface area contributed by atoms with Crippen molar-refractivity contribution in [2.75, 3.05) is 5.32 Å². The maximum atomic E-state index is 6.14. The van der Waals surface area contributed by atoms with Crippen molar-refractivity contribution in [2.24, 2.45) is 0 Å². The Hall–Kier alpha value is -0.700. The summed E-state index contributed by atoms with van der Waals surface area (Å²) in [6.45, 7) is 4.81. The van der Waals surface area contributed by atoms with Crippen LogP contribution in [0.2, 0.25) is 10.0 Å². The standard InChI is InChI=1S/C15H14BrCl2N/c1-9-5-13(6-10(2)15(9)16)19-8-11-7-12(17)3-4-14(11)18/h3-7,19H,8H2,1-2H3. The molecule has 0 heterocycles. The molecule has 19 heavy (non-hydrogen) atoms. The minimum absolute atomic E-state index is 0.653. The van der Waals surface area contributed by atoms with Crippen LogP contribution in [0.1, 0.15) is 16.7 Å². The minimum atomic E-state index is 0.653. The molecular weight excluding hydrogens is 345 g/mol. The highest BCUT2D eigenvalue weighted by Gasteiger charge is 2.04. The van der Waals surface area contributed by atoms with Gasteiger partial charge in [-0.3, -0.25) is 0 Å². The van der Waals surface area contributed by atoms with Crippen LogP contribution in [0.25, 0.3) is 0 Å². The first-order chi connectivity index (χ1) is 8.97. The Kier molecular flexibility index (Phi) is 4.77. The molecule has 0 radical (unpaired) electrons. The SMILES string of the molecule is Cc1cc(NCc2cc(Cl)ccc2Cl)cc(C)c1Br. The quantitative estimate of drug-likeness (QED) is 0.710. The van der Waals surface area contributed by atoms with Crippen LogP contribution in [0.15, 0.2) is 34.8 Å². The van der Waals surface area contributed by atoms with Crippen LogP contribution in [0, 0.1) is 13.8 Å². The second-order valence-corrected chi connectivity index (χ2v) is 6.15. The van der Waals surface area contributed by atoms with Gasteiger partial charge in [0.2, 0.25) is 0 Å². The van der Waals surface area contributed by atoms with Crippen LogP contribution in [0.4, 0.5) is 5.69 Å². The summed E-state index contributed by atoms with van der Waals surface area (Å²) in [5.74, 6) is 0. The van der Waals surface area contributed by atoms with Crippen molar-refractivity contribution in [3.05, 3.63) is 61.5 Å². The van der Waals surface area contributed by atoms with Gasteiger partial charge in [-0.2, -0.15) is 0 Å². The van der Waals surface area contributed by atoms with Crippen molar-refractivity contribution >= 4 is 44.8 Å². The Morgan fingerprint density at radius 1 is 1.05 bits per heavy atom. The normalized spacial score (nSPS) is 10.6. The van der Waals surface area contributed by atoms with Gasteiger partial charge < -0.3 is 5.32 Å². The van der Waals surface area contributed by atoms with E-state index in [2.05, 4.69) is 47.2 Å². The zero-order valence-electron chi connectivity index (χ0n) is 10.7. The number of halogens is 3. The van der Waals surface area contributed by atoms with Gasteiger partial charge in [0, 0.05) is 26.8 Å².